The first kappa shape index (κ1) is 17.5. The molecule has 2 heterocycles. The summed E-state index contributed by atoms with van der Waals surface area (Å²) in [5.41, 5.74) is 3.96. The van der Waals surface area contributed by atoms with Crippen LogP contribution in [0, 0.1) is 0 Å². The van der Waals surface area contributed by atoms with Crippen LogP contribution in [0.3, 0.4) is 0 Å². The third kappa shape index (κ3) is 3.93. The van der Waals surface area contributed by atoms with Crippen molar-refractivity contribution in [3.05, 3.63) is 59.5 Å². The molecule has 0 unspecified atom stereocenters. The standard InChI is InChI=1S/C20H23N5O2/c1-13(20(26)22-19-9-18(23-24-19)15-6-7-15)16-10-21-25(11-16)17-5-3-4-14(8-17)12-27-2/h3-5,8-11,13,15H,6-7,12H2,1-2H3,(H2,22,23,24,26)/t13-/m0/s1. The molecular weight excluding hydrogens is 342 g/mol. The smallest absolute Gasteiger partial charge is 0.232 e. The summed E-state index contributed by atoms with van der Waals surface area (Å²) >= 11 is 0. The van der Waals surface area contributed by atoms with Gasteiger partial charge < -0.3 is 10.1 Å². The molecule has 1 amide bonds. The summed E-state index contributed by atoms with van der Waals surface area (Å²) < 4.78 is 6.96. The van der Waals surface area contributed by atoms with Crippen molar-refractivity contribution in [1.29, 1.82) is 0 Å². The predicted molar refractivity (Wildman–Crippen MR) is 102 cm³/mol. The zero-order valence-corrected chi connectivity index (χ0v) is 15.5. The lowest BCUT2D eigenvalue weighted by Gasteiger charge is -2.08. The fourth-order valence-electron chi connectivity index (χ4n) is 3.05. The van der Waals surface area contributed by atoms with Gasteiger partial charge in [-0.1, -0.05) is 12.1 Å². The molecule has 1 fully saturated rings. The maximum absolute atomic E-state index is 12.6. The van der Waals surface area contributed by atoms with Crippen LogP contribution >= 0.6 is 0 Å². The maximum Gasteiger partial charge on any atom is 0.232 e. The van der Waals surface area contributed by atoms with E-state index in [0.717, 1.165) is 22.5 Å². The summed E-state index contributed by atoms with van der Waals surface area (Å²) in [6, 6.07) is 9.90. The largest absolute Gasteiger partial charge is 0.380 e. The van der Waals surface area contributed by atoms with Crippen molar-refractivity contribution in [2.75, 3.05) is 12.4 Å². The first-order chi connectivity index (χ1) is 13.1. The number of rotatable bonds is 7. The summed E-state index contributed by atoms with van der Waals surface area (Å²) in [4.78, 5) is 12.6. The van der Waals surface area contributed by atoms with E-state index in [9.17, 15) is 4.79 Å². The third-order valence-corrected chi connectivity index (χ3v) is 4.85. The quantitative estimate of drug-likeness (QED) is 0.672. The highest BCUT2D eigenvalue weighted by atomic mass is 16.5. The van der Waals surface area contributed by atoms with Crippen molar-refractivity contribution in [2.45, 2.75) is 38.2 Å². The molecule has 7 nitrogen and oxygen atoms in total. The number of hydrogen-bond donors (Lipinski definition) is 2. The highest BCUT2D eigenvalue weighted by molar-refractivity contribution is 5.94. The van der Waals surface area contributed by atoms with Gasteiger partial charge in [0.1, 0.15) is 0 Å². The molecule has 2 aromatic heterocycles. The molecule has 1 aromatic carbocycles. The average molecular weight is 365 g/mol. The summed E-state index contributed by atoms with van der Waals surface area (Å²) in [6.07, 6.45) is 6.00. The molecule has 0 radical (unpaired) electrons. The number of aromatic nitrogens is 4. The Balaban J connectivity index is 1.44. The fourth-order valence-corrected chi connectivity index (χ4v) is 3.05. The number of carbonyl (C=O) groups excluding carboxylic acids is 1. The second kappa shape index (κ2) is 7.36. The van der Waals surface area contributed by atoms with Crippen LogP contribution in [0.4, 0.5) is 5.82 Å². The van der Waals surface area contributed by atoms with Gasteiger partial charge in [0, 0.05) is 36.5 Å². The topological polar surface area (TPSA) is 84.8 Å². The van der Waals surface area contributed by atoms with Gasteiger partial charge in [0.25, 0.3) is 0 Å². The molecule has 0 saturated heterocycles. The lowest BCUT2D eigenvalue weighted by molar-refractivity contribution is -0.117. The molecule has 4 rings (SSSR count). The lowest BCUT2D eigenvalue weighted by atomic mass is 10.0. The molecular formula is C20H23N5O2. The van der Waals surface area contributed by atoms with Crippen molar-refractivity contribution in [2.24, 2.45) is 0 Å². The Labute approximate surface area is 157 Å². The van der Waals surface area contributed by atoms with E-state index in [2.05, 4.69) is 20.6 Å². The van der Waals surface area contributed by atoms with Crippen LogP contribution in [0.25, 0.3) is 5.69 Å². The van der Waals surface area contributed by atoms with E-state index in [1.807, 2.05) is 43.5 Å². The van der Waals surface area contributed by atoms with Crippen molar-refractivity contribution < 1.29 is 9.53 Å². The molecule has 1 saturated carbocycles. The third-order valence-electron chi connectivity index (χ3n) is 4.85. The number of methoxy groups -OCH3 is 1. The summed E-state index contributed by atoms with van der Waals surface area (Å²) in [7, 11) is 1.67. The van der Waals surface area contributed by atoms with E-state index in [4.69, 9.17) is 4.74 Å². The highest BCUT2D eigenvalue weighted by Gasteiger charge is 2.26. The summed E-state index contributed by atoms with van der Waals surface area (Å²) in [5, 5.41) is 14.5. The maximum atomic E-state index is 12.6. The van der Waals surface area contributed by atoms with Gasteiger partial charge in [0.15, 0.2) is 5.82 Å². The number of amides is 1. The first-order valence-corrected chi connectivity index (χ1v) is 9.13. The van der Waals surface area contributed by atoms with Gasteiger partial charge in [0.05, 0.1) is 24.4 Å². The van der Waals surface area contributed by atoms with Crippen molar-refractivity contribution in [3.63, 3.8) is 0 Å². The zero-order valence-electron chi connectivity index (χ0n) is 15.5. The second-order valence-corrected chi connectivity index (χ2v) is 7.01. The molecule has 7 heteroatoms. The number of nitrogens with zero attached hydrogens (tertiary/aromatic N) is 3. The molecule has 1 atom stereocenters. The minimum Gasteiger partial charge on any atom is -0.380 e. The van der Waals surface area contributed by atoms with E-state index < -0.39 is 0 Å². The van der Waals surface area contributed by atoms with Gasteiger partial charge in [-0.2, -0.15) is 10.2 Å². The average Bonchev–Trinajstić information content (AvgIpc) is 3.22. The number of ether oxygens (including phenoxy) is 1. The Kier molecular flexibility index (Phi) is 4.77. The van der Waals surface area contributed by atoms with Crippen LogP contribution in [0.1, 0.15) is 48.4 Å². The monoisotopic (exact) mass is 365 g/mol. The SMILES string of the molecule is COCc1cccc(-n2cc([C@H](C)C(=O)Nc3cc(C4CC4)[nH]n3)cn2)c1. The fraction of sp³-hybridized carbons (Fsp3) is 0.350. The highest BCUT2D eigenvalue weighted by Crippen LogP contribution is 2.39. The predicted octanol–water partition coefficient (Wildman–Crippen LogP) is 3.36. The molecule has 27 heavy (non-hydrogen) atoms. The van der Waals surface area contributed by atoms with E-state index in [1.54, 1.807) is 18.0 Å². The molecule has 1 aliphatic rings. The Hall–Kier alpha value is -2.93. The zero-order chi connectivity index (χ0) is 18.8. The number of benzene rings is 1. The van der Waals surface area contributed by atoms with Crippen LogP contribution in [0.15, 0.2) is 42.7 Å². The minimum atomic E-state index is -0.331. The number of nitrogens with one attached hydrogen (secondary N) is 2. The van der Waals surface area contributed by atoms with Crippen LogP contribution in [-0.4, -0.2) is 33.0 Å². The van der Waals surface area contributed by atoms with Gasteiger partial charge in [-0.3, -0.25) is 9.89 Å². The molecule has 0 spiro atoms. The Morgan fingerprint density at radius 3 is 3.04 bits per heavy atom. The molecule has 140 valence electrons. The van der Waals surface area contributed by atoms with Crippen molar-refractivity contribution in [3.8, 4) is 5.69 Å². The van der Waals surface area contributed by atoms with E-state index in [-0.39, 0.29) is 11.8 Å². The van der Waals surface area contributed by atoms with Gasteiger partial charge in [-0.05, 0) is 37.5 Å². The Morgan fingerprint density at radius 2 is 2.26 bits per heavy atom. The molecule has 2 N–H and O–H groups in total. The minimum absolute atomic E-state index is 0.100. The molecule has 1 aliphatic carbocycles. The number of carbonyl (C=O) groups is 1. The second-order valence-electron chi connectivity index (χ2n) is 7.01. The first-order valence-electron chi connectivity index (χ1n) is 9.13. The van der Waals surface area contributed by atoms with Gasteiger partial charge in [-0.25, -0.2) is 4.68 Å². The van der Waals surface area contributed by atoms with Gasteiger partial charge in [-0.15, -0.1) is 0 Å². The van der Waals surface area contributed by atoms with Crippen LogP contribution in [0.2, 0.25) is 0 Å². The number of hydrogen-bond acceptors (Lipinski definition) is 4. The molecule has 0 bridgehead atoms. The van der Waals surface area contributed by atoms with Crippen molar-refractivity contribution >= 4 is 11.7 Å². The van der Waals surface area contributed by atoms with Gasteiger partial charge >= 0.3 is 0 Å². The Morgan fingerprint density at radius 1 is 1.41 bits per heavy atom. The van der Waals surface area contributed by atoms with E-state index in [0.29, 0.717) is 18.3 Å². The Bertz CT molecular complexity index is 941. The van der Waals surface area contributed by atoms with Crippen LogP contribution < -0.4 is 5.32 Å². The summed E-state index contributed by atoms with van der Waals surface area (Å²) in [6.45, 7) is 2.42. The normalized spacial score (nSPS) is 14.9. The van der Waals surface area contributed by atoms with Crippen LogP contribution in [0.5, 0.6) is 0 Å². The van der Waals surface area contributed by atoms with E-state index >= 15 is 0 Å². The van der Waals surface area contributed by atoms with E-state index in [1.165, 1.54) is 12.8 Å². The molecule has 3 aromatic rings. The van der Waals surface area contributed by atoms with Crippen molar-refractivity contribution in [1.82, 2.24) is 20.0 Å². The summed E-state index contributed by atoms with van der Waals surface area (Å²) in [5.74, 6) is 0.722. The number of aromatic amines is 1. The van der Waals surface area contributed by atoms with Gasteiger partial charge in [0.2, 0.25) is 5.91 Å². The number of H-pyrrole nitrogens is 1. The molecule has 0 aliphatic heterocycles. The number of anilines is 1. The lowest BCUT2D eigenvalue weighted by Crippen LogP contribution is -2.18. The van der Waals surface area contributed by atoms with Crippen LogP contribution in [-0.2, 0) is 16.1 Å².